The number of hydrogen-bond acceptors (Lipinski definition) is 1. The Bertz CT molecular complexity index is 198. The minimum absolute atomic E-state index is 1.11. The van der Waals surface area contributed by atoms with E-state index in [9.17, 15) is 0 Å². The van der Waals surface area contributed by atoms with Crippen LogP contribution in [0.15, 0.2) is 29.2 Å². The molecule has 1 aromatic carbocycles. The molecule has 0 atom stereocenters. The van der Waals surface area contributed by atoms with Gasteiger partial charge in [-0.2, -0.15) is 0 Å². The molecule has 0 saturated carbocycles. The summed E-state index contributed by atoms with van der Waals surface area (Å²) in [6, 6.07) is 8.10. The third-order valence-corrected chi connectivity index (χ3v) is 2.05. The molecule has 1 rings (SSSR count). The fraction of sp³-hybridized carbons (Fsp3) is 0.143. The number of halogens is 1. The molecule has 0 unspecified atom stereocenters. The second-order valence-electron chi connectivity index (χ2n) is 1.89. The molecule has 0 aliphatic carbocycles. The number of hydrogen-bond donors (Lipinski definition) is 0. The van der Waals surface area contributed by atoms with Gasteiger partial charge in [-0.3, -0.25) is 0 Å². The van der Waals surface area contributed by atoms with E-state index in [4.69, 9.17) is 10.7 Å². The van der Waals surface area contributed by atoms with E-state index in [2.05, 4.69) is 19.1 Å². The molecule has 0 heterocycles. The summed E-state index contributed by atoms with van der Waals surface area (Å²) in [7, 11) is 6.77. The molecule has 1 aromatic rings. The van der Waals surface area contributed by atoms with Crippen LogP contribution in [0.3, 0.4) is 0 Å². The number of rotatable bonds is 1. The molecule has 0 saturated heterocycles. The van der Waals surface area contributed by atoms with E-state index in [-0.39, 0.29) is 0 Å². The second kappa shape index (κ2) is 3.14. The Morgan fingerprint density at radius 1 is 1.44 bits per heavy atom. The highest BCUT2D eigenvalue weighted by Gasteiger charge is 1.88. The topological polar surface area (TPSA) is 0 Å². The van der Waals surface area contributed by atoms with Crippen molar-refractivity contribution in [2.75, 3.05) is 0 Å². The van der Waals surface area contributed by atoms with E-state index in [1.165, 1.54) is 16.5 Å². The van der Waals surface area contributed by atoms with E-state index in [0.717, 1.165) is 4.90 Å². The van der Waals surface area contributed by atoms with Crippen LogP contribution in [0.2, 0.25) is 0 Å². The summed E-state index contributed by atoms with van der Waals surface area (Å²) in [4.78, 5) is 1.11. The van der Waals surface area contributed by atoms with E-state index in [0.29, 0.717) is 0 Å². The molecular weight excluding hydrogens is 152 g/mol. The van der Waals surface area contributed by atoms with Gasteiger partial charge in [-0.05, 0) is 46.3 Å². The van der Waals surface area contributed by atoms with Crippen LogP contribution in [-0.4, -0.2) is 0 Å². The second-order valence-corrected chi connectivity index (χ2v) is 2.98. The zero-order valence-electron chi connectivity index (χ0n) is 5.10. The first-order valence-electron chi connectivity index (χ1n) is 2.68. The summed E-state index contributed by atoms with van der Waals surface area (Å²) in [6.07, 6.45) is 0. The first kappa shape index (κ1) is 6.97. The molecular formula is C7H7ClS. The van der Waals surface area contributed by atoms with Gasteiger partial charge < -0.3 is 0 Å². The Morgan fingerprint density at radius 2 is 2.22 bits per heavy atom. The van der Waals surface area contributed by atoms with Crippen molar-refractivity contribution in [1.82, 2.24) is 0 Å². The maximum absolute atomic E-state index is 5.52. The molecule has 48 valence electrons. The van der Waals surface area contributed by atoms with Gasteiger partial charge in [-0.1, -0.05) is 12.1 Å². The summed E-state index contributed by atoms with van der Waals surface area (Å²) in [6.45, 7) is 2.05. The zero-order valence-corrected chi connectivity index (χ0v) is 6.67. The van der Waals surface area contributed by atoms with Gasteiger partial charge >= 0.3 is 0 Å². The maximum Gasteiger partial charge on any atom is 0.0236 e. The summed E-state index contributed by atoms with van der Waals surface area (Å²) in [5.74, 6) is 0. The Morgan fingerprint density at radius 3 is 2.67 bits per heavy atom. The van der Waals surface area contributed by atoms with Gasteiger partial charge in [0.05, 0.1) is 0 Å². The van der Waals surface area contributed by atoms with Crippen molar-refractivity contribution < 1.29 is 0 Å². The van der Waals surface area contributed by atoms with Crippen molar-refractivity contribution in [3.8, 4) is 0 Å². The lowest BCUT2D eigenvalue weighted by atomic mass is 10.2. The van der Waals surface area contributed by atoms with Crippen LogP contribution in [0.25, 0.3) is 0 Å². The van der Waals surface area contributed by atoms with Crippen LogP contribution in [0, 0.1) is 6.92 Å². The van der Waals surface area contributed by atoms with Crippen molar-refractivity contribution in [3.63, 3.8) is 0 Å². The zero-order chi connectivity index (χ0) is 6.69. The third kappa shape index (κ3) is 1.92. The van der Waals surface area contributed by atoms with E-state index < -0.39 is 0 Å². The molecule has 9 heavy (non-hydrogen) atoms. The highest BCUT2D eigenvalue weighted by Crippen LogP contribution is 2.21. The Labute approximate surface area is 63.7 Å². The van der Waals surface area contributed by atoms with Crippen molar-refractivity contribution >= 4 is 21.7 Å². The van der Waals surface area contributed by atoms with Crippen LogP contribution in [0.5, 0.6) is 0 Å². The standard InChI is InChI=1S/C7H7ClS/c1-6-3-2-4-7(5-6)9-8/h2-5H,1H3. The summed E-state index contributed by atoms with van der Waals surface area (Å²) in [5.41, 5.74) is 1.25. The van der Waals surface area contributed by atoms with Crippen LogP contribution in [0.4, 0.5) is 0 Å². The molecule has 0 aliphatic heterocycles. The molecule has 0 radical (unpaired) electrons. The van der Waals surface area contributed by atoms with Gasteiger partial charge in [-0.15, -0.1) is 0 Å². The lowest BCUT2D eigenvalue weighted by Gasteiger charge is -1.93. The molecule has 0 amide bonds. The van der Waals surface area contributed by atoms with E-state index in [1.807, 2.05) is 12.1 Å². The van der Waals surface area contributed by atoms with Crippen LogP contribution in [-0.2, 0) is 0 Å². The molecule has 0 nitrogen and oxygen atoms in total. The Balaban J connectivity index is 2.94. The highest BCUT2D eigenvalue weighted by molar-refractivity contribution is 8.21. The van der Waals surface area contributed by atoms with E-state index >= 15 is 0 Å². The predicted octanol–water partition coefficient (Wildman–Crippen LogP) is 3.24. The van der Waals surface area contributed by atoms with Crippen LogP contribution >= 0.6 is 21.7 Å². The van der Waals surface area contributed by atoms with Crippen molar-refractivity contribution in [3.05, 3.63) is 29.8 Å². The van der Waals surface area contributed by atoms with Gasteiger partial charge in [0.25, 0.3) is 0 Å². The third-order valence-electron chi connectivity index (χ3n) is 1.08. The molecule has 0 fully saturated rings. The van der Waals surface area contributed by atoms with Crippen LogP contribution < -0.4 is 0 Å². The van der Waals surface area contributed by atoms with Gasteiger partial charge in [-0.25, -0.2) is 0 Å². The molecule has 2 heteroatoms. The summed E-state index contributed by atoms with van der Waals surface area (Å²) in [5, 5.41) is 0. The summed E-state index contributed by atoms with van der Waals surface area (Å²) < 4.78 is 0. The average molecular weight is 159 g/mol. The molecule has 0 N–H and O–H groups in total. The Hall–Kier alpha value is -0.140. The predicted molar refractivity (Wildman–Crippen MR) is 42.9 cm³/mol. The van der Waals surface area contributed by atoms with Gasteiger partial charge in [0.2, 0.25) is 0 Å². The minimum Gasteiger partial charge on any atom is -0.0608 e. The van der Waals surface area contributed by atoms with Crippen molar-refractivity contribution in [1.29, 1.82) is 0 Å². The highest BCUT2D eigenvalue weighted by atomic mass is 35.7. The maximum atomic E-state index is 5.52. The molecule has 0 bridgehead atoms. The normalized spacial score (nSPS) is 9.56. The van der Waals surface area contributed by atoms with Crippen LogP contribution in [0.1, 0.15) is 5.56 Å². The Kier molecular flexibility index (Phi) is 2.43. The van der Waals surface area contributed by atoms with Gasteiger partial charge in [0, 0.05) is 4.90 Å². The lowest BCUT2D eigenvalue weighted by Crippen LogP contribution is -1.69. The van der Waals surface area contributed by atoms with Crippen molar-refractivity contribution in [2.45, 2.75) is 11.8 Å². The monoisotopic (exact) mass is 158 g/mol. The molecule has 0 aromatic heterocycles. The fourth-order valence-corrected chi connectivity index (χ4v) is 1.31. The first-order chi connectivity index (χ1) is 4.33. The van der Waals surface area contributed by atoms with Crippen molar-refractivity contribution in [2.24, 2.45) is 0 Å². The summed E-state index contributed by atoms with van der Waals surface area (Å²) >= 11 is 0. The smallest absolute Gasteiger partial charge is 0.0236 e. The molecule has 0 aliphatic rings. The fourth-order valence-electron chi connectivity index (χ4n) is 0.663. The van der Waals surface area contributed by atoms with Gasteiger partial charge in [0.15, 0.2) is 0 Å². The van der Waals surface area contributed by atoms with Gasteiger partial charge in [0.1, 0.15) is 0 Å². The quantitative estimate of drug-likeness (QED) is 0.605. The largest absolute Gasteiger partial charge is 0.0608 e. The lowest BCUT2D eigenvalue weighted by molar-refractivity contribution is 1.37. The molecule has 0 spiro atoms. The SMILES string of the molecule is Cc1cccc(SCl)c1. The van der Waals surface area contributed by atoms with E-state index in [1.54, 1.807) is 0 Å². The average Bonchev–Trinajstić information content (AvgIpc) is 1.88. The number of aryl methyl sites for hydroxylation is 1. The first-order valence-corrected chi connectivity index (χ1v) is 4.32. The minimum atomic E-state index is 1.11. The number of benzene rings is 1.